The number of nitrogens with zero attached hydrogens (tertiary/aromatic N) is 2. The molecule has 0 spiro atoms. The molecule has 0 aliphatic rings. The minimum atomic E-state index is -3.81. The first-order valence-corrected chi connectivity index (χ1v) is 11.6. The molecule has 0 saturated carbocycles. The minimum absolute atomic E-state index is 0.176. The smallest absolute Gasteiger partial charge is 0.244 e. The van der Waals surface area contributed by atoms with Crippen LogP contribution < -0.4 is 9.62 Å². The van der Waals surface area contributed by atoms with Crippen molar-refractivity contribution in [2.24, 2.45) is 0 Å². The first kappa shape index (κ1) is 24.3. The molecular weight excluding hydrogens is 421 g/mol. The Balaban J connectivity index is 2.46. The molecule has 0 saturated heterocycles. The molecule has 1 N–H and O–H groups in total. The molecule has 2 aromatic rings. The van der Waals surface area contributed by atoms with Crippen LogP contribution in [0, 0.1) is 19.7 Å². The molecule has 9 heteroatoms. The van der Waals surface area contributed by atoms with Gasteiger partial charge in [-0.25, -0.2) is 12.8 Å². The number of carbonyl (C=O) groups excluding carboxylic acids is 2. The second kappa shape index (κ2) is 9.91. The van der Waals surface area contributed by atoms with E-state index in [1.807, 2.05) is 0 Å². The van der Waals surface area contributed by atoms with Crippen molar-refractivity contribution in [2.75, 3.05) is 24.2 Å². The van der Waals surface area contributed by atoms with Gasteiger partial charge in [0, 0.05) is 19.2 Å². The van der Waals surface area contributed by atoms with Crippen LogP contribution in [0.4, 0.5) is 10.1 Å². The zero-order valence-electron chi connectivity index (χ0n) is 18.3. The van der Waals surface area contributed by atoms with Crippen molar-refractivity contribution in [3.05, 3.63) is 65.0 Å². The first-order chi connectivity index (χ1) is 14.5. The molecule has 0 bridgehead atoms. The van der Waals surface area contributed by atoms with Crippen molar-refractivity contribution < 1.29 is 22.4 Å². The lowest BCUT2D eigenvalue weighted by Crippen LogP contribution is -2.50. The van der Waals surface area contributed by atoms with Crippen molar-refractivity contribution >= 4 is 27.5 Å². The maximum Gasteiger partial charge on any atom is 0.244 e. The Hall–Kier alpha value is -2.94. The van der Waals surface area contributed by atoms with E-state index in [1.165, 1.54) is 37.1 Å². The Labute approximate surface area is 182 Å². The zero-order valence-corrected chi connectivity index (χ0v) is 19.2. The lowest BCUT2D eigenvalue weighted by Gasteiger charge is -2.32. The van der Waals surface area contributed by atoms with Gasteiger partial charge in [0.2, 0.25) is 21.8 Å². The number of hydrogen-bond donors (Lipinski definition) is 1. The fourth-order valence-corrected chi connectivity index (χ4v) is 4.34. The zero-order chi connectivity index (χ0) is 23.3. The van der Waals surface area contributed by atoms with Crippen LogP contribution in [0.15, 0.2) is 42.5 Å². The highest BCUT2D eigenvalue weighted by atomic mass is 32.2. The van der Waals surface area contributed by atoms with Gasteiger partial charge in [0.1, 0.15) is 18.4 Å². The number of halogens is 1. The van der Waals surface area contributed by atoms with Crippen molar-refractivity contribution in [3.8, 4) is 0 Å². The molecular formula is C22H28FN3O4S. The summed E-state index contributed by atoms with van der Waals surface area (Å²) in [6.45, 7) is 4.34. The van der Waals surface area contributed by atoms with E-state index in [0.717, 1.165) is 10.6 Å². The number of carbonyl (C=O) groups is 2. The van der Waals surface area contributed by atoms with Crippen LogP contribution in [0.25, 0.3) is 0 Å². The molecule has 31 heavy (non-hydrogen) atoms. The van der Waals surface area contributed by atoms with Gasteiger partial charge >= 0.3 is 0 Å². The highest BCUT2D eigenvalue weighted by Gasteiger charge is 2.31. The lowest BCUT2D eigenvalue weighted by molar-refractivity contribution is -0.139. The molecule has 0 radical (unpaired) electrons. The number of amides is 2. The summed E-state index contributed by atoms with van der Waals surface area (Å²) >= 11 is 0. The maximum absolute atomic E-state index is 14.2. The Morgan fingerprint density at radius 2 is 1.65 bits per heavy atom. The number of benzene rings is 2. The average molecular weight is 450 g/mol. The van der Waals surface area contributed by atoms with Crippen molar-refractivity contribution in [1.29, 1.82) is 0 Å². The van der Waals surface area contributed by atoms with Crippen molar-refractivity contribution in [3.63, 3.8) is 0 Å². The fourth-order valence-electron chi connectivity index (χ4n) is 3.38. The van der Waals surface area contributed by atoms with E-state index in [-0.39, 0.29) is 12.1 Å². The van der Waals surface area contributed by atoms with Crippen LogP contribution in [0.1, 0.15) is 23.6 Å². The summed E-state index contributed by atoms with van der Waals surface area (Å²) in [6.07, 6.45) is 1.02. The average Bonchev–Trinajstić information content (AvgIpc) is 2.70. The number of rotatable bonds is 8. The van der Waals surface area contributed by atoms with Gasteiger partial charge in [-0.2, -0.15) is 0 Å². The maximum atomic E-state index is 14.2. The van der Waals surface area contributed by atoms with Gasteiger partial charge in [0.15, 0.2) is 0 Å². The Kier molecular flexibility index (Phi) is 7.78. The van der Waals surface area contributed by atoms with Crippen LogP contribution in [0.2, 0.25) is 0 Å². The monoisotopic (exact) mass is 449 g/mol. The van der Waals surface area contributed by atoms with E-state index in [4.69, 9.17) is 0 Å². The van der Waals surface area contributed by atoms with E-state index in [2.05, 4.69) is 5.32 Å². The number of likely N-dealkylation sites (N-methyl/N-ethyl adjacent to an activating group) is 1. The Morgan fingerprint density at radius 1 is 1.06 bits per heavy atom. The van der Waals surface area contributed by atoms with E-state index in [1.54, 1.807) is 38.1 Å². The number of sulfonamides is 1. The molecule has 0 aliphatic heterocycles. The molecule has 7 nitrogen and oxygen atoms in total. The molecule has 2 rings (SSSR count). The molecule has 1 unspecified atom stereocenters. The van der Waals surface area contributed by atoms with Crippen LogP contribution in [0.5, 0.6) is 0 Å². The molecule has 2 amide bonds. The van der Waals surface area contributed by atoms with E-state index < -0.39 is 40.2 Å². The van der Waals surface area contributed by atoms with Crippen LogP contribution in [-0.2, 0) is 26.2 Å². The van der Waals surface area contributed by atoms with Gasteiger partial charge < -0.3 is 10.2 Å². The van der Waals surface area contributed by atoms with Crippen LogP contribution in [-0.4, -0.2) is 51.0 Å². The fraction of sp³-hybridized carbons (Fsp3) is 0.364. The molecule has 0 aliphatic carbocycles. The summed E-state index contributed by atoms with van der Waals surface area (Å²) in [7, 11) is -2.38. The van der Waals surface area contributed by atoms with E-state index in [9.17, 15) is 22.4 Å². The number of para-hydroxylation sites is 1. The van der Waals surface area contributed by atoms with Gasteiger partial charge in [-0.1, -0.05) is 36.4 Å². The third-order valence-electron chi connectivity index (χ3n) is 5.08. The summed E-state index contributed by atoms with van der Waals surface area (Å²) in [5.74, 6) is -1.57. The van der Waals surface area contributed by atoms with Crippen molar-refractivity contribution in [2.45, 2.75) is 33.4 Å². The van der Waals surface area contributed by atoms with E-state index in [0.29, 0.717) is 16.8 Å². The molecule has 0 aromatic heterocycles. The largest absolute Gasteiger partial charge is 0.357 e. The predicted molar refractivity (Wildman–Crippen MR) is 119 cm³/mol. The highest BCUT2D eigenvalue weighted by Crippen LogP contribution is 2.27. The van der Waals surface area contributed by atoms with Gasteiger partial charge in [-0.05, 0) is 38.0 Å². The number of anilines is 1. The highest BCUT2D eigenvalue weighted by molar-refractivity contribution is 7.92. The van der Waals surface area contributed by atoms with Gasteiger partial charge in [-0.15, -0.1) is 0 Å². The Morgan fingerprint density at radius 3 is 2.16 bits per heavy atom. The third kappa shape index (κ3) is 5.81. The molecule has 0 heterocycles. The van der Waals surface area contributed by atoms with Gasteiger partial charge in [0.05, 0.1) is 11.9 Å². The SMILES string of the molecule is CNC(=O)C(C)N(Cc1ccccc1F)C(=O)CN(c1c(C)cccc1C)S(C)(=O)=O. The van der Waals surface area contributed by atoms with Gasteiger partial charge in [0.25, 0.3) is 0 Å². The summed E-state index contributed by atoms with van der Waals surface area (Å²) in [6, 6.07) is 10.3. The second-order valence-electron chi connectivity index (χ2n) is 7.41. The quantitative estimate of drug-likeness (QED) is 0.670. The van der Waals surface area contributed by atoms with Gasteiger partial charge in [-0.3, -0.25) is 13.9 Å². The third-order valence-corrected chi connectivity index (χ3v) is 6.19. The number of hydrogen-bond acceptors (Lipinski definition) is 4. The summed E-state index contributed by atoms with van der Waals surface area (Å²) < 4.78 is 40.4. The molecule has 2 aromatic carbocycles. The van der Waals surface area contributed by atoms with Crippen LogP contribution >= 0.6 is 0 Å². The van der Waals surface area contributed by atoms with Crippen LogP contribution in [0.3, 0.4) is 0 Å². The summed E-state index contributed by atoms with van der Waals surface area (Å²) in [5.41, 5.74) is 2.03. The molecule has 168 valence electrons. The Bertz CT molecular complexity index is 1050. The first-order valence-electron chi connectivity index (χ1n) is 9.75. The summed E-state index contributed by atoms with van der Waals surface area (Å²) in [5, 5.41) is 2.48. The molecule has 0 fully saturated rings. The standard InChI is InChI=1S/C22H28FN3O4S/c1-15-9-8-10-16(2)21(15)26(31(5,29)30)14-20(27)25(17(3)22(28)24-4)13-18-11-6-7-12-19(18)23/h6-12,17H,13-14H2,1-5H3,(H,24,28). The minimum Gasteiger partial charge on any atom is -0.357 e. The van der Waals surface area contributed by atoms with Crippen molar-refractivity contribution in [1.82, 2.24) is 10.2 Å². The summed E-state index contributed by atoms with van der Waals surface area (Å²) in [4.78, 5) is 26.7. The molecule has 1 atom stereocenters. The second-order valence-corrected chi connectivity index (χ2v) is 9.32. The lowest BCUT2D eigenvalue weighted by atomic mass is 10.1. The number of nitrogens with one attached hydrogen (secondary N) is 1. The van der Waals surface area contributed by atoms with E-state index >= 15 is 0 Å². The normalized spacial score (nSPS) is 12.2. The topological polar surface area (TPSA) is 86.8 Å². The predicted octanol–water partition coefficient (Wildman–Crippen LogP) is 2.37. The number of aryl methyl sites for hydroxylation is 2.